The summed E-state index contributed by atoms with van der Waals surface area (Å²) in [6.07, 6.45) is 2.69. The van der Waals surface area contributed by atoms with Gasteiger partial charge >= 0.3 is 0 Å². The van der Waals surface area contributed by atoms with Crippen LogP contribution in [0.4, 0.5) is 11.4 Å². The Labute approximate surface area is 145 Å². The summed E-state index contributed by atoms with van der Waals surface area (Å²) < 4.78 is 1.12. The molecular weight excluding hydrogens is 352 g/mol. The van der Waals surface area contributed by atoms with Crippen LogP contribution < -0.4 is 16.5 Å². The molecular formula is C18H22BrN4+. The summed E-state index contributed by atoms with van der Waals surface area (Å²) in [6, 6.07) is 14.9. The molecule has 0 saturated carbocycles. The first-order chi connectivity index (χ1) is 11.1. The Balaban J connectivity index is 1.57. The highest BCUT2D eigenvalue weighted by atomic mass is 79.9. The van der Waals surface area contributed by atoms with E-state index in [1.165, 1.54) is 5.56 Å². The van der Waals surface area contributed by atoms with Crippen molar-refractivity contribution in [1.82, 2.24) is 4.90 Å². The van der Waals surface area contributed by atoms with E-state index in [1.807, 2.05) is 18.2 Å². The van der Waals surface area contributed by atoms with Gasteiger partial charge in [-0.2, -0.15) is 0 Å². The molecule has 0 radical (unpaired) electrons. The molecule has 2 aromatic rings. The van der Waals surface area contributed by atoms with Gasteiger partial charge in [0.2, 0.25) is 0 Å². The number of halogens is 1. The Kier molecular flexibility index (Phi) is 4.98. The first kappa shape index (κ1) is 16.0. The number of hydrogen-bond acceptors (Lipinski definition) is 3. The number of nitrogen functional groups attached to an aromatic ring is 1. The lowest BCUT2D eigenvalue weighted by atomic mass is 10.1. The lowest BCUT2D eigenvalue weighted by molar-refractivity contribution is -0.104. The zero-order valence-corrected chi connectivity index (χ0v) is 14.6. The van der Waals surface area contributed by atoms with Gasteiger partial charge in [0.05, 0.1) is 5.56 Å². The molecule has 0 bridgehead atoms. The molecule has 1 atom stereocenters. The van der Waals surface area contributed by atoms with Crippen LogP contribution >= 0.6 is 15.9 Å². The lowest BCUT2D eigenvalue weighted by Gasteiger charge is -2.18. The fraction of sp³-hybridized carbons (Fsp3) is 0.278. The highest BCUT2D eigenvalue weighted by molar-refractivity contribution is 9.10. The molecule has 120 valence electrons. The fourth-order valence-electron chi connectivity index (χ4n) is 2.99. The Bertz CT molecular complexity index is 684. The molecule has 1 aliphatic heterocycles. The van der Waals surface area contributed by atoms with Gasteiger partial charge in [-0.15, -0.1) is 0 Å². The highest BCUT2D eigenvalue weighted by Crippen LogP contribution is 2.21. The smallest absolute Gasteiger partial charge is 0.169 e. The van der Waals surface area contributed by atoms with Gasteiger partial charge in [-0.25, -0.2) is 0 Å². The van der Waals surface area contributed by atoms with E-state index in [0.717, 1.165) is 41.8 Å². The van der Waals surface area contributed by atoms with Crippen molar-refractivity contribution in [2.24, 2.45) is 0 Å². The predicted octanol–water partition coefficient (Wildman–Crippen LogP) is 1.90. The van der Waals surface area contributed by atoms with Gasteiger partial charge in [0, 0.05) is 41.5 Å². The molecule has 0 aromatic heterocycles. The van der Waals surface area contributed by atoms with Gasteiger partial charge in [-0.1, -0.05) is 28.1 Å². The number of nitrogens with zero attached hydrogens (tertiary/aromatic N) is 1. The number of anilines is 2. The summed E-state index contributed by atoms with van der Waals surface area (Å²) >= 11 is 3.48. The number of rotatable bonds is 5. The molecule has 23 heavy (non-hydrogen) atoms. The van der Waals surface area contributed by atoms with E-state index in [4.69, 9.17) is 11.1 Å². The second kappa shape index (κ2) is 7.15. The highest BCUT2D eigenvalue weighted by Gasteiger charge is 2.22. The maximum Gasteiger partial charge on any atom is 0.169 e. The molecule has 5 heteroatoms. The molecule has 5 N–H and O–H groups in total. The molecule has 1 unspecified atom stereocenters. The fourth-order valence-corrected chi connectivity index (χ4v) is 3.25. The quantitative estimate of drug-likeness (QED) is 0.553. The number of hydrogen-bond donors (Lipinski definition) is 3. The van der Waals surface area contributed by atoms with Crippen LogP contribution in [0, 0.1) is 0 Å². The van der Waals surface area contributed by atoms with E-state index in [2.05, 4.69) is 50.4 Å². The summed E-state index contributed by atoms with van der Waals surface area (Å²) in [6.45, 7) is 3.15. The minimum Gasteiger partial charge on any atom is -0.398 e. The van der Waals surface area contributed by atoms with Crippen LogP contribution in [0.25, 0.3) is 0 Å². The summed E-state index contributed by atoms with van der Waals surface area (Å²) in [5, 5.41) is 9.19. The summed E-state index contributed by atoms with van der Waals surface area (Å²) in [4.78, 5) is 2.48. The van der Waals surface area contributed by atoms with Crippen LogP contribution in [-0.4, -0.2) is 30.2 Å². The van der Waals surface area contributed by atoms with Crippen molar-refractivity contribution in [1.29, 1.82) is 0 Å². The summed E-state index contributed by atoms with van der Waals surface area (Å²) in [7, 11) is 0. The second-order valence-corrected chi connectivity index (χ2v) is 6.92. The van der Waals surface area contributed by atoms with Gasteiger partial charge in [0.1, 0.15) is 0 Å². The van der Waals surface area contributed by atoms with Gasteiger partial charge in [0.25, 0.3) is 0 Å². The minimum atomic E-state index is 0.458. The Morgan fingerprint density at radius 1 is 1.26 bits per heavy atom. The standard InChI is InChI=1S/C18H21BrN4/c19-15-3-1-13(2-4-15)11-23-8-7-17(12-23)22-16-5-6-18(21)14(9-16)10-20/h1-6,9-10,17,20,22H,7-8,11-12,21H2/p+1. The van der Waals surface area contributed by atoms with Crippen molar-refractivity contribution in [3.63, 3.8) is 0 Å². The molecule has 0 amide bonds. The van der Waals surface area contributed by atoms with E-state index in [-0.39, 0.29) is 0 Å². The Hall–Kier alpha value is -1.85. The number of likely N-dealkylation sites (tertiary alicyclic amines) is 1. The first-order valence-corrected chi connectivity index (χ1v) is 8.61. The Morgan fingerprint density at radius 2 is 2.04 bits per heavy atom. The van der Waals surface area contributed by atoms with Crippen molar-refractivity contribution in [3.8, 4) is 0 Å². The van der Waals surface area contributed by atoms with E-state index in [9.17, 15) is 0 Å². The third kappa shape index (κ3) is 4.12. The van der Waals surface area contributed by atoms with Crippen molar-refractivity contribution in [2.45, 2.75) is 19.0 Å². The van der Waals surface area contributed by atoms with Crippen LogP contribution in [0.15, 0.2) is 46.9 Å². The number of nitrogens with two attached hydrogens (primary N) is 2. The third-order valence-corrected chi connectivity index (χ3v) is 4.76. The molecule has 1 fully saturated rings. The average molecular weight is 374 g/mol. The van der Waals surface area contributed by atoms with Crippen LogP contribution in [0.3, 0.4) is 0 Å². The average Bonchev–Trinajstić information content (AvgIpc) is 2.98. The van der Waals surface area contributed by atoms with Crippen LogP contribution in [0.5, 0.6) is 0 Å². The van der Waals surface area contributed by atoms with Crippen molar-refractivity contribution < 1.29 is 5.41 Å². The van der Waals surface area contributed by atoms with Crippen LogP contribution in [0.1, 0.15) is 17.5 Å². The van der Waals surface area contributed by atoms with Crippen LogP contribution in [-0.2, 0) is 6.54 Å². The van der Waals surface area contributed by atoms with E-state index < -0.39 is 0 Å². The SMILES string of the molecule is Nc1ccc(NC2CCN(Cc3ccc(Br)cc3)C2)cc1C=[NH2+]. The number of nitrogens with one attached hydrogen (secondary N) is 1. The molecule has 3 rings (SSSR count). The van der Waals surface area contributed by atoms with Crippen LogP contribution in [0.2, 0.25) is 0 Å². The molecule has 0 spiro atoms. The zero-order valence-electron chi connectivity index (χ0n) is 13.0. The van der Waals surface area contributed by atoms with Gasteiger partial charge in [-0.3, -0.25) is 10.3 Å². The zero-order chi connectivity index (χ0) is 16.2. The molecule has 1 aliphatic rings. The molecule has 4 nitrogen and oxygen atoms in total. The number of benzene rings is 2. The largest absolute Gasteiger partial charge is 0.398 e. The molecule has 1 heterocycles. The third-order valence-electron chi connectivity index (χ3n) is 4.23. The summed E-state index contributed by atoms with van der Waals surface area (Å²) in [5.74, 6) is 0. The normalized spacial score (nSPS) is 18.0. The van der Waals surface area contributed by atoms with E-state index in [1.54, 1.807) is 6.21 Å². The van der Waals surface area contributed by atoms with Gasteiger partial charge in [-0.05, 0) is 42.3 Å². The monoisotopic (exact) mass is 373 g/mol. The van der Waals surface area contributed by atoms with Gasteiger partial charge in [0.15, 0.2) is 6.21 Å². The van der Waals surface area contributed by atoms with Crippen molar-refractivity contribution >= 4 is 33.5 Å². The maximum absolute atomic E-state index is 5.88. The maximum atomic E-state index is 5.88. The minimum absolute atomic E-state index is 0.458. The first-order valence-electron chi connectivity index (χ1n) is 7.82. The van der Waals surface area contributed by atoms with Crippen molar-refractivity contribution in [3.05, 3.63) is 58.1 Å². The Morgan fingerprint density at radius 3 is 2.78 bits per heavy atom. The second-order valence-electron chi connectivity index (χ2n) is 6.00. The molecule has 0 aliphatic carbocycles. The molecule has 2 aromatic carbocycles. The van der Waals surface area contributed by atoms with E-state index >= 15 is 0 Å². The lowest BCUT2D eigenvalue weighted by Crippen LogP contribution is -2.30. The van der Waals surface area contributed by atoms with E-state index in [0.29, 0.717) is 11.7 Å². The topological polar surface area (TPSA) is 66.9 Å². The summed E-state index contributed by atoms with van der Waals surface area (Å²) in [5.41, 5.74) is 9.88. The van der Waals surface area contributed by atoms with Crippen molar-refractivity contribution in [2.75, 3.05) is 24.1 Å². The predicted molar refractivity (Wildman–Crippen MR) is 99.4 cm³/mol. The molecule has 1 saturated heterocycles. The van der Waals surface area contributed by atoms with Gasteiger partial charge < -0.3 is 11.1 Å².